The van der Waals surface area contributed by atoms with Gasteiger partial charge in [0.25, 0.3) is 5.91 Å². The molecule has 3 heterocycles. The van der Waals surface area contributed by atoms with Crippen molar-refractivity contribution in [2.45, 2.75) is 25.0 Å². The minimum Gasteiger partial charge on any atom is -0.272 e. The molecule has 0 bridgehead atoms. The lowest BCUT2D eigenvalue weighted by molar-refractivity contribution is -0.160. The number of nitrogens with zero attached hydrogens (tertiary/aromatic N) is 4. The summed E-state index contributed by atoms with van der Waals surface area (Å²) in [7, 11) is 0. The molecule has 0 radical (unpaired) electrons. The SMILES string of the molecule is O=C1[C@@H](CCc2ccccc2)[C@@H]2c3cc4ccccc4cc3C=NN2[C@@H]2c3cc4ccccc4cc3C=NN12. The zero-order chi connectivity index (χ0) is 25.9. The van der Waals surface area contributed by atoms with E-state index in [1.54, 1.807) is 5.01 Å². The summed E-state index contributed by atoms with van der Waals surface area (Å²) in [6.45, 7) is 0. The number of carbonyl (C=O) groups is 1. The van der Waals surface area contributed by atoms with Gasteiger partial charge in [-0.2, -0.15) is 10.2 Å². The van der Waals surface area contributed by atoms with E-state index in [-0.39, 0.29) is 17.9 Å². The van der Waals surface area contributed by atoms with E-state index < -0.39 is 6.17 Å². The van der Waals surface area contributed by atoms with Crippen LogP contribution in [0.3, 0.4) is 0 Å². The molecule has 5 aromatic rings. The van der Waals surface area contributed by atoms with E-state index in [1.165, 1.54) is 16.3 Å². The van der Waals surface area contributed by atoms with E-state index in [0.29, 0.717) is 0 Å². The fraction of sp³-hybridized carbons (Fsp3) is 0.147. The van der Waals surface area contributed by atoms with Crippen molar-refractivity contribution in [2.24, 2.45) is 16.1 Å². The lowest BCUT2D eigenvalue weighted by Crippen LogP contribution is -2.55. The Morgan fingerprint density at radius 1 is 0.641 bits per heavy atom. The van der Waals surface area contributed by atoms with E-state index in [0.717, 1.165) is 45.9 Å². The molecule has 0 spiro atoms. The first-order valence-electron chi connectivity index (χ1n) is 13.5. The van der Waals surface area contributed by atoms with Crippen molar-refractivity contribution in [1.29, 1.82) is 0 Å². The highest BCUT2D eigenvalue weighted by atomic mass is 16.2. The van der Waals surface area contributed by atoms with Crippen molar-refractivity contribution in [1.82, 2.24) is 10.0 Å². The predicted octanol–water partition coefficient (Wildman–Crippen LogP) is 6.82. The number of aryl methyl sites for hydroxylation is 1. The van der Waals surface area contributed by atoms with Crippen molar-refractivity contribution in [3.05, 3.63) is 131 Å². The molecule has 188 valence electrons. The van der Waals surface area contributed by atoms with E-state index in [1.807, 2.05) is 18.5 Å². The standard InChI is InChI=1S/C34H26N4O/c39-34-29(15-14-22-8-2-1-3-9-22)32-30-18-25-12-6-4-10-23(25)16-27(30)20-35-37(32)33-31-19-26-13-7-5-11-24(26)17-28(31)21-36-38(33)34/h1-13,16-21,29,32-33H,14-15H2/t29-,32+,33-/m0/s1. The number of hydrazone groups is 2. The molecule has 5 nitrogen and oxygen atoms in total. The number of rotatable bonds is 3. The maximum Gasteiger partial charge on any atom is 0.250 e. The Balaban J connectivity index is 1.29. The van der Waals surface area contributed by atoms with Crippen LogP contribution >= 0.6 is 0 Å². The van der Waals surface area contributed by atoms with Crippen LogP contribution in [0.15, 0.2) is 113 Å². The van der Waals surface area contributed by atoms with Crippen LogP contribution in [0.1, 0.15) is 46.4 Å². The van der Waals surface area contributed by atoms with Crippen LogP contribution < -0.4 is 0 Å². The molecule has 0 N–H and O–H groups in total. The molecule has 8 rings (SSSR count). The Labute approximate surface area is 226 Å². The van der Waals surface area contributed by atoms with Gasteiger partial charge in [-0.25, -0.2) is 5.01 Å². The number of hydrogen-bond acceptors (Lipinski definition) is 4. The number of carbonyl (C=O) groups excluding carboxylic acids is 1. The largest absolute Gasteiger partial charge is 0.272 e. The van der Waals surface area contributed by atoms with Gasteiger partial charge in [-0.3, -0.25) is 9.80 Å². The fourth-order valence-corrected chi connectivity index (χ4v) is 6.52. The van der Waals surface area contributed by atoms with Crippen LogP contribution in [-0.4, -0.2) is 28.4 Å². The Morgan fingerprint density at radius 3 is 1.90 bits per heavy atom. The summed E-state index contributed by atoms with van der Waals surface area (Å²) in [5.41, 5.74) is 5.57. The highest BCUT2D eigenvalue weighted by molar-refractivity contribution is 5.97. The van der Waals surface area contributed by atoms with Gasteiger partial charge in [-0.05, 0) is 69.8 Å². The zero-order valence-corrected chi connectivity index (χ0v) is 21.3. The normalized spacial score (nSPS) is 21.0. The smallest absolute Gasteiger partial charge is 0.250 e. The molecular formula is C34H26N4O. The van der Waals surface area contributed by atoms with Gasteiger partial charge in [0, 0.05) is 16.7 Å². The molecule has 3 aliphatic heterocycles. The zero-order valence-electron chi connectivity index (χ0n) is 21.3. The summed E-state index contributed by atoms with van der Waals surface area (Å²) in [4.78, 5) is 14.3. The van der Waals surface area contributed by atoms with Crippen molar-refractivity contribution in [3.8, 4) is 0 Å². The summed E-state index contributed by atoms with van der Waals surface area (Å²) >= 11 is 0. The second-order valence-corrected chi connectivity index (χ2v) is 10.7. The van der Waals surface area contributed by atoms with Crippen LogP contribution in [0.25, 0.3) is 21.5 Å². The Morgan fingerprint density at radius 2 is 1.21 bits per heavy atom. The summed E-state index contributed by atoms with van der Waals surface area (Å²) in [6, 6.07) is 35.8. The average Bonchev–Trinajstić information content (AvgIpc) is 2.99. The van der Waals surface area contributed by atoms with Gasteiger partial charge < -0.3 is 0 Å². The van der Waals surface area contributed by atoms with Crippen LogP contribution in [-0.2, 0) is 11.2 Å². The molecule has 0 aromatic heterocycles. The Kier molecular flexibility index (Phi) is 4.92. The highest BCUT2D eigenvalue weighted by Crippen LogP contribution is 2.50. The van der Waals surface area contributed by atoms with Crippen LogP contribution in [0.2, 0.25) is 0 Å². The van der Waals surface area contributed by atoms with Crippen LogP contribution in [0, 0.1) is 5.92 Å². The summed E-state index contributed by atoms with van der Waals surface area (Å²) < 4.78 is 0. The molecule has 0 aliphatic carbocycles. The van der Waals surface area contributed by atoms with Crippen LogP contribution in [0.5, 0.6) is 0 Å². The summed E-state index contributed by atoms with van der Waals surface area (Å²) in [5.74, 6) is -0.221. The third kappa shape index (κ3) is 3.50. The Hall–Kier alpha value is -4.77. The molecule has 5 aromatic carbocycles. The van der Waals surface area contributed by atoms with E-state index in [9.17, 15) is 4.79 Å². The van der Waals surface area contributed by atoms with Gasteiger partial charge in [-0.15, -0.1) is 0 Å². The molecule has 1 saturated heterocycles. The number of hydrogen-bond donors (Lipinski definition) is 0. The molecule has 1 fully saturated rings. The molecule has 39 heavy (non-hydrogen) atoms. The molecule has 0 unspecified atom stereocenters. The lowest BCUT2D eigenvalue weighted by Gasteiger charge is -2.51. The first-order chi connectivity index (χ1) is 19.2. The Bertz CT molecular complexity index is 1830. The second-order valence-electron chi connectivity index (χ2n) is 10.7. The fourth-order valence-electron chi connectivity index (χ4n) is 6.52. The van der Waals surface area contributed by atoms with E-state index >= 15 is 0 Å². The number of benzene rings is 5. The van der Waals surface area contributed by atoms with Gasteiger partial charge in [0.15, 0.2) is 6.17 Å². The van der Waals surface area contributed by atoms with Crippen molar-refractivity contribution in [2.75, 3.05) is 0 Å². The maximum absolute atomic E-state index is 14.3. The van der Waals surface area contributed by atoms with E-state index in [2.05, 4.69) is 102 Å². The molecule has 1 amide bonds. The molecule has 3 atom stereocenters. The minimum absolute atomic E-state index is 0.0587. The van der Waals surface area contributed by atoms with Gasteiger partial charge in [0.2, 0.25) is 0 Å². The monoisotopic (exact) mass is 506 g/mol. The van der Waals surface area contributed by atoms with Crippen LogP contribution in [0.4, 0.5) is 0 Å². The van der Waals surface area contributed by atoms with Gasteiger partial charge in [0.1, 0.15) is 0 Å². The molecule has 0 saturated carbocycles. The van der Waals surface area contributed by atoms with E-state index in [4.69, 9.17) is 10.2 Å². The number of amides is 1. The second kappa shape index (κ2) is 8.63. The van der Waals surface area contributed by atoms with Crippen molar-refractivity contribution < 1.29 is 4.79 Å². The van der Waals surface area contributed by atoms with Crippen molar-refractivity contribution >= 4 is 39.9 Å². The highest BCUT2D eigenvalue weighted by Gasteiger charge is 2.51. The van der Waals surface area contributed by atoms with Gasteiger partial charge >= 0.3 is 0 Å². The van der Waals surface area contributed by atoms with Crippen molar-refractivity contribution in [3.63, 3.8) is 0 Å². The quantitative estimate of drug-likeness (QED) is 0.270. The average molecular weight is 507 g/mol. The topological polar surface area (TPSA) is 48.3 Å². The molecule has 3 aliphatic rings. The molecule has 5 heteroatoms. The third-order valence-electron chi connectivity index (χ3n) is 8.43. The molecular weight excluding hydrogens is 480 g/mol. The first kappa shape index (κ1) is 22.2. The van der Waals surface area contributed by atoms with Gasteiger partial charge in [0.05, 0.1) is 24.4 Å². The summed E-state index contributed by atoms with van der Waals surface area (Å²) in [5, 5.41) is 18.2. The number of fused-ring (bicyclic) bond motifs is 9. The minimum atomic E-state index is -0.393. The maximum atomic E-state index is 14.3. The lowest BCUT2D eigenvalue weighted by atomic mass is 9.80. The van der Waals surface area contributed by atoms with Gasteiger partial charge in [-0.1, -0.05) is 78.9 Å². The predicted molar refractivity (Wildman–Crippen MR) is 156 cm³/mol. The first-order valence-corrected chi connectivity index (χ1v) is 13.5. The third-order valence-corrected chi connectivity index (χ3v) is 8.43. The summed E-state index contributed by atoms with van der Waals surface area (Å²) in [6.07, 6.45) is 4.93.